The molecule has 1 saturated heterocycles. The summed E-state index contributed by atoms with van der Waals surface area (Å²) < 4.78 is 0. The first kappa shape index (κ1) is 17.2. The van der Waals surface area contributed by atoms with Crippen molar-refractivity contribution in [3.63, 3.8) is 0 Å². The lowest BCUT2D eigenvalue weighted by molar-refractivity contribution is 0.0933. The van der Waals surface area contributed by atoms with Gasteiger partial charge in [-0.1, -0.05) is 53.5 Å². The van der Waals surface area contributed by atoms with Crippen molar-refractivity contribution >= 4 is 29.1 Å². The molecule has 1 N–H and O–H groups in total. The topological polar surface area (TPSA) is 45.2 Å². The maximum absolute atomic E-state index is 12.4. The molecule has 0 saturated carbocycles. The molecule has 126 valence electrons. The molecule has 2 heterocycles. The molecule has 0 aliphatic carbocycles. The molecule has 1 aromatic heterocycles. The van der Waals surface area contributed by atoms with E-state index in [4.69, 9.17) is 23.2 Å². The van der Waals surface area contributed by atoms with Crippen LogP contribution in [0.2, 0.25) is 10.2 Å². The standard InChI is InChI=1S/C18H19Cl2N3O/c19-14-8-9-16(20)22-17(14)18(24)21-12-15(23-10-4-5-11-23)13-6-2-1-3-7-13/h1-3,6-9,15H,4-5,10-12H2,(H,21,24). The van der Waals surface area contributed by atoms with Gasteiger partial charge < -0.3 is 5.32 Å². The van der Waals surface area contributed by atoms with Crippen molar-refractivity contribution < 1.29 is 4.79 Å². The Morgan fingerprint density at radius 2 is 1.83 bits per heavy atom. The number of pyridine rings is 1. The minimum atomic E-state index is -0.303. The molecule has 1 aliphatic heterocycles. The van der Waals surface area contributed by atoms with Crippen molar-refractivity contribution in [2.45, 2.75) is 18.9 Å². The number of aromatic nitrogens is 1. The number of amides is 1. The van der Waals surface area contributed by atoms with Gasteiger partial charge in [0.25, 0.3) is 5.91 Å². The summed E-state index contributed by atoms with van der Waals surface area (Å²) in [6, 6.07) is 13.5. The predicted octanol–water partition coefficient (Wildman–Crippen LogP) is 3.96. The second kappa shape index (κ2) is 7.97. The Balaban J connectivity index is 1.73. The molecule has 1 amide bonds. The smallest absolute Gasteiger partial charge is 0.271 e. The Labute approximate surface area is 151 Å². The molecule has 0 spiro atoms. The van der Waals surface area contributed by atoms with Crippen molar-refractivity contribution in [3.8, 4) is 0 Å². The second-order valence-electron chi connectivity index (χ2n) is 5.84. The number of hydrogen-bond acceptors (Lipinski definition) is 3. The average molecular weight is 364 g/mol. The number of nitrogens with zero attached hydrogens (tertiary/aromatic N) is 2. The fraction of sp³-hybridized carbons (Fsp3) is 0.333. The van der Waals surface area contributed by atoms with Crippen LogP contribution in [0, 0.1) is 0 Å². The molecular weight excluding hydrogens is 345 g/mol. The number of carbonyl (C=O) groups is 1. The van der Waals surface area contributed by atoms with Crippen LogP contribution in [0.1, 0.15) is 34.9 Å². The Bertz CT molecular complexity index is 703. The Kier molecular flexibility index (Phi) is 5.72. The molecular formula is C18H19Cl2N3O. The maximum atomic E-state index is 12.4. The minimum absolute atomic E-state index is 0.149. The Hall–Kier alpha value is -1.62. The summed E-state index contributed by atoms with van der Waals surface area (Å²) in [5.74, 6) is -0.303. The second-order valence-corrected chi connectivity index (χ2v) is 6.64. The molecule has 2 aromatic rings. The quantitative estimate of drug-likeness (QED) is 0.817. The van der Waals surface area contributed by atoms with E-state index in [0.717, 1.165) is 13.1 Å². The highest BCUT2D eigenvalue weighted by Gasteiger charge is 2.24. The van der Waals surface area contributed by atoms with Crippen molar-refractivity contribution in [3.05, 3.63) is 63.9 Å². The van der Waals surface area contributed by atoms with Crippen LogP contribution >= 0.6 is 23.2 Å². The van der Waals surface area contributed by atoms with Gasteiger partial charge in [0.05, 0.1) is 11.1 Å². The highest BCUT2D eigenvalue weighted by molar-refractivity contribution is 6.34. The fourth-order valence-corrected chi connectivity index (χ4v) is 3.38. The van der Waals surface area contributed by atoms with Gasteiger partial charge in [-0.05, 0) is 43.6 Å². The highest BCUT2D eigenvalue weighted by atomic mass is 35.5. The van der Waals surface area contributed by atoms with Crippen LogP contribution < -0.4 is 5.32 Å². The summed E-state index contributed by atoms with van der Waals surface area (Å²) in [5.41, 5.74) is 1.36. The first-order valence-corrected chi connectivity index (χ1v) is 8.80. The van der Waals surface area contributed by atoms with E-state index in [-0.39, 0.29) is 22.8 Å². The molecule has 0 bridgehead atoms. The van der Waals surface area contributed by atoms with Crippen LogP contribution in [0.15, 0.2) is 42.5 Å². The van der Waals surface area contributed by atoms with Crippen LogP contribution in [-0.4, -0.2) is 35.4 Å². The predicted molar refractivity (Wildman–Crippen MR) is 96.6 cm³/mol. The zero-order valence-electron chi connectivity index (χ0n) is 13.2. The van der Waals surface area contributed by atoms with Gasteiger partial charge in [0, 0.05) is 6.54 Å². The third-order valence-electron chi connectivity index (χ3n) is 4.25. The first-order valence-electron chi connectivity index (χ1n) is 8.04. The largest absolute Gasteiger partial charge is 0.349 e. The van der Waals surface area contributed by atoms with Crippen molar-refractivity contribution in [2.75, 3.05) is 19.6 Å². The van der Waals surface area contributed by atoms with Crippen LogP contribution in [0.4, 0.5) is 0 Å². The Morgan fingerprint density at radius 3 is 2.54 bits per heavy atom. The van der Waals surface area contributed by atoms with Gasteiger partial charge in [-0.3, -0.25) is 9.69 Å². The minimum Gasteiger partial charge on any atom is -0.349 e. The summed E-state index contributed by atoms with van der Waals surface area (Å²) in [7, 11) is 0. The Morgan fingerprint density at radius 1 is 1.12 bits per heavy atom. The lowest BCUT2D eigenvalue weighted by Crippen LogP contribution is -2.37. The molecule has 3 rings (SSSR count). The lowest BCUT2D eigenvalue weighted by Gasteiger charge is -2.28. The third-order valence-corrected chi connectivity index (χ3v) is 4.76. The number of rotatable bonds is 5. The van der Waals surface area contributed by atoms with E-state index in [0.29, 0.717) is 11.6 Å². The summed E-state index contributed by atoms with van der Waals surface area (Å²) in [6.07, 6.45) is 2.39. The number of likely N-dealkylation sites (tertiary alicyclic amines) is 1. The number of hydrogen-bond donors (Lipinski definition) is 1. The van der Waals surface area contributed by atoms with Crippen molar-refractivity contribution in [1.82, 2.24) is 15.2 Å². The molecule has 24 heavy (non-hydrogen) atoms. The van der Waals surface area contributed by atoms with Crippen molar-refractivity contribution in [1.29, 1.82) is 0 Å². The number of benzene rings is 1. The number of carbonyl (C=O) groups excluding carboxylic acids is 1. The van der Waals surface area contributed by atoms with Gasteiger partial charge in [-0.2, -0.15) is 0 Å². The molecule has 1 unspecified atom stereocenters. The normalized spacial score (nSPS) is 16.1. The van der Waals surface area contributed by atoms with Gasteiger partial charge in [0.1, 0.15) is 10.8 Å². The van der Waals surface area contributed by atoms with Crippen LogP contribution in [0.25, 0.3) is 0 Å². The number of nitrogens with one attached hydrogen (secondary N) is 1. The summed E-state index contributed by atoms with van der Waals surface area (Å²) >= 11 is 11.9. The lowest BCUT2D eigenvalue weighted by atomic mass is 10.1. The van der Waals surface area contributed by atoms with E-state index in [2.05, 4.69) is 27.3 Å². The molecule has 1 fully saturated rings. The van der Waals surface area contributed by atoms with Gasteiger partial charge in [-0.15, -0.1) is 0 Å². The number of halogens is 2. The van der Waals surface area contributed by atoms with E-state index in [1.807, 2.05) is 18.2 Å². The van der Waals surface area contributed by atoms with Crippen molar-refractivity contribution in [2.24, 2.45) is 0 Å². The fourth-order valence-electron chi connectivity index (χ4n) is 3.04. The first-order chi connectivity index (χ1) is 11.6. The van der Waals surface area contributed by atoms with Crippen LogP contribution in [-0.2, 0) is 0 Å². The van der Waals surface area contributed by atoms with E-state index in [9.17, 15) is 4.79 Å². The summed E-state index contributed by atoms with van der Waals surface area (Å²) in [6.45, 7) is 2.60. The average Bonchev–Trinajstić information content (AvgIpc) is 3.12. The maximum Gasteiger partial charge on any atom is 0.271 e. The molecule has 4 nitrogen and oxygen atoms in total. The SMILES string of the molecule is O=C(NCC(c1ccccc1)N1CCCC1)c1nc(Cl)ccc1Cl. The van der Waals surface area contributed by atoms with Gasteiger partial charge in [0.15, 0.2) is 0 Å². The third kappa shape index (κ3) is 4.07. The van der Waals surface area contributed by atoms with E-state index in [1.165, 1.54) is 18.4 Å². The summed E-state index contributed by atoms with van der Waals surface area (Å²) in [5, 5.41) is 3.51. The molecule has 1 aliphatic rings. The molecule has 6 heteroatoms. The molecule has 0 radical (unpaired) electrons. The van der Waals surface area contributed by atoms with Crippen LogP contribution in [0.3, 0.4) is 0 Å². The van der Waals surface area contributed by atoms with Gasteiger partial charge in [0.2, 0.25) is 0 Å². The van der Waals surface area contributed by atoms with Gasteiger partial charge in [-0.25, -0.2) is 4.98 Å². The van der Waals surface area contributed by atoms with Gasteiger partial charge >= 0.3 is 0 Å². The van der Waals surface area contributed by atoms with E-state index < -0.39 is 0 Å². The zero-order chi connectivity index (χ0) is 16.9. The van der Waals surface area contributed by atoms with Crippen LogP contribution in [0.5, 0.6) is 0 Å². The molecule has 1 aromatic carbocycles. The highest BCUT2D eigenvalue weighted by Crippen LogP contribution is 2.24. The summed E-state index contributed by atoms with van der Waals surface area (Å²) in [4.78, 5) is 18.9. The van der Waals surface area contributed by atoms with E-state index >= 15 is 0 Å². The molecule has 1 atom stereocenters. The monoisotopic (exact) mass is 363 g/mol. The van der Waals surface area contributed by atoms with E-state index in [1.54, 1.807) is 12.1 Å². The zero-order valence-corrected chi connectivity index (χ0v) is 14.7.